The van der Waals surface area contributed by atoms with Crippen molar-refractivity contribution in [1.82, 2.24) is 0 Å². The highest BCUT2D eigenvalue weighted by Crippen LogP contribution is 2.29. The second-order valence-corrected chi connectivity index (χ2v) is 5.38. The van der Waals surface area contributed by atoms with Crippen LogP contribution >= 0.6 is 23.2 Å². The fraction of sp³-hybridized carbons (Fsp3) is 0.0667. The third-order valence-electron chi connectivity index (χ3n) is 2.81. The molecule has 0 spiro atoms. The number of nitrogens with one attached hydrogen (secondary N) is 2. The molecule has 0 radical (unpaired) electrons. The number of aryl methyl sites for hydroxylation is 1. The lowest BCUT2D eigenvalue weighted by atomic mass is 10.2. The number of carboxylic acids is 1. The minimum absolute atomic E-state index is 0.00198. The Balaban J connectivity index is 2.18. The summed E-state index contributed by atoms with van der Waals surface area (Å²) in [6.45, 7) is 1.90. The van der Waals surface area contributed by atoms with Crippen molar-refractivity contribution in [2.75, 3.05) is 10.6 Å². The Morgan fingerprint density at radius 1 is 1.05 bits per heavy atom. The summed E-state index contributed by atoms with van der Waals surface area (Å²) < 4.78 is 0. The molecule has 0 aromatic heterocycles. The molecule has 0 saturated carbocycles. The summed E-state index contributed by atoms with van der Waals surface area (Å²) in [5.74, 6) is -1.20. The van der Waals surface area contributed by atoms with Crippen LogP contribution in [0.1, 0.15) is 15.9 Å². The van der Waals surface area contributed by atoms with Gasteiger partial charge in [0.15, 0.2) is 0 Å². The van der Waals surface area contributed by atoms with Crippen LogP contribution in [0, 0.1) is 6.92 Å². The first-order valence-electron chi connectivity index (χ1n) is 6.24. The Morgan fingerprint density at radius 2 is 1.77 bits per heavy atom. The molecule has 3 N–H and O–H groups in total. The monoisotopic (exact) mass is 338 g/mol. The molecular weight excluding hydrogens is 327 g/mol. The zero-order chi connectivity index (χ0) is 16.3. The van der Waals surface area contributed by atoms with Crippen LogP contribution in [0.25, 0.3) is 0 Å². The van der Waals surface area contributed by atoms with E-state index >= 15 is 0 Å². The fourth-order valence-corrected chi connectivity index (χ4v) is 2.33. The molecule has 0 aliphatic heterocycles. The van der Waals surface area contributed by atoms with E-state index in [4.69, 9.17) is 28.3 Å². The third kappa shape index (κ3) is 3.90. The topological polar surface area (TPSA) is 78.4 Å². The molecule has 114 valence electrons. The van der Waals surface area contributed by atoms with E-state index in [1.165, 1.54) is 12.1 Å². The van der Waals surface area contributed by atoms with Gasteiger partial charge in [-0.1, -0.05) is 35.3 Å². The summed E-state index contributed by atoms with van der Waals surface area (Å²) in [7, 11) is 0. The molecule has 7 heteroatoms. The van der Waals surface area contributed by atoms with Gasteiger partial charge in [-0.25, -0.2) is 9.59 Å². The average molecular weight is 339 g/mol. The van der Waals surface area contributed by atoms with Gasteiger partial charge in [-0.2, -0.15) is 0 Å². The first kappa shape index (κ1) is 16.1. The molecule has 0 atom stereocenters. The SMILES string of the molecule is Cc1cccc(NC(=O)Nc2cc(C(=O)O)c(Cl)cc2Cl)c1. The number of amides is 2. The van der Waals surface area contributed by atoms with Crippen molar-refractivity contribution < 1.29 is 14.7 Å². The molecule has 22 heavy (non-hydrogen) atoms. The summed E-state index contributed by atoms with van der Waals surface area (Å²) in [5.41, 5.74) is 1.63. The maximum Gasteiger partial charge on any atom is 0.337 e. The smallest absolute Gasteiger partial charge is 0.337 e. The quantitative estimate of drug-likeness (QED) is 0.762. The summed E-state index contributed by atoms with van der Waals surface area (Å²) in [4.78, 5) is 23.0. The van der Waals surface area contributed by atoms with E-state index in [1.807, 2.05) is 19.1 Å². The van der Waals surface area contributed by atoms with Gasteiger partial charge in [0.25, 0.3) is 0 Å². The Hall–Kier alpha value is -2.24. The van der Waals surface area contributed by atoms with Gasteiger partial charge in [-0.3, -0.25) is 0 Å². The lowest BCUT2D eigenvalue weighted by molar-refractivity contribution is 0.0697. The van der Waals surface area contributed by atoms with Crippen LogP contribution in [0.15, 0.2) is 36.4 Å². The normalized spacial score (nSPS) is 10.1. The zero-order valence-electron chi connectivity index (χ0n) is 11.5. The number of aromatic carboxylic acids is 1. The minimum atomic E-state index is -1.20. The maximum atomic E-state index is 12.0. The zero-order valence-corrected chi connectivity index (χ0v) is 13.0. The number of anilines is 2. The number of benzene rings is 2. The molecule has 2 aromatic rings. The highest BCUT2D eigenvalue weighted by atomic mass is 35.5. The number of hydrogen-bond acceptors (Lipinski definition) is 2. The van der Waals surface area contributed by atoms with Crippen molar-refractivity contribution in [3.05, 3.63) is 57.6 Å². The highest BCUT2D eigenvalue weighted by Gasteiger charge is 2.14. The van der Waals surface area contributed by atoms with Crippen LogP contribution in [0.3, 0.4) is 0 Å². The summed E-state index contributed by atoms with van der Waals surface area (Å²) in [6, 6.07) is 9.19. The summed E-state index contributed by atoms with van der Waals surface area (Å²) in [5, 5.41) is 14.3. The predicted octanol–water partition coefficient (Wildman–Crippen LogP) is 4.64. The van der Waals surface area contributed by atoms with E-state index in [2.05, 4.69) is 10.6 Å². The number of carbonyl (C=O) groups excluding carboxylic acids is 1. The van der Waals surface area contributed by atoms with Gasteiger partial charge in [-0.05, 0) is 36.8 Å². The van der Waals surface area contributed by atoms with Crippen molar-refractivity contribution in [3.63, 3.8) is 0 Å². The predicted molar refractivity (Wildman–Crippen MR) is 87.2 cm³/mol. The van der Waals surface area contributed by atoms with Gasteiger partial charge < -0.3 is 15.7 Å². The second kappa shape index (κ2) is 6.68. The Kier molecular flexibility index (Phi) is 4.90. The average Bonchev–Trinajstić information content (AvgIpc) is 2.41. The number of carbonyl (C=O) groups is 2. The number of halogens is 2. The van der Waals surface area contributed by atoms with Crippen molar-refractivity contribution in [1.29, 1.82) is 0 Å². The van der Waals surface area contributed by atoms with E-state index in [0.717, 1.165) is 5.56 Å². The molecule has 2 amide bonds. The molecule has 0 unspecified atom stereocenters. The first-order valence-corrected chi connectivity index (χ1v) is 6.99. The molecule has 2 rings (SSSR count). The molecular formula is C15H12Cl2N2O3. The fourth-order valence-electron chi connectivity index (χ4n) is 1.82. The van der Waals surface area contributed by atoms with Gasteiger partial charge in [0.1, 0.15) is 0 Å². The molecule has 0 saturated heterocycles. The van der Waals surface area contributed by atoms with Crippen molar-refractivity contribution in [3.8, 4) is 0 Å². The number of urea groups is 1. The van der Waals surface area contributed by atoms with Crippen molar-refractivity contribution in [2.45, 2.75) is 6.92 Å². The second-order valence-electron chi connectivity index (χ2n) is 4.57. The molecule has 0 bridgehead atoms. The van der Waals surface area contributed by atoms with E-state index in [1.54, 1.807) is 12.1 Å². The van der Waals surface area contributed by atoms with Gasteiger partial charge in [0.05, 0.1) is 21.3 Å². The van der Waals surface area contributed by atoms with Crippen LogP contribution in [0.5, 0.6) is 0 Å². The largest absolute Gasteiger partial charge is 0.478 e. The molecule has 0 heterocycles. The van der Waals surface area contributed by atoms with Crippen LogP contribution in [0.4, 0.5) is 16.2 Å². The molecule has 5 nitrogen and oxygen atoms in total. The maximum absolute atomic E-state index is 12.0. The molecule has 2 aromatic carbocycles. The van der Waals surface area contributed by atoms with Gasteiger partial charge in [-0.15, -0.1) is 0 Å². The summed E-state index contributed by atoms with van der Waals surface area (Å²) >= 11 is 11.7. The Labute approximate surface area is 136 Å². The van der Waals surface area contributed by atoms with E-state index < -0.39 is 12.0 Å². The lowest BCUT2D eigenvalue weighted by Crippen LogP contribution is -2.20. The van der Waals surface area contributed by atoms with Gasteiger partial charge >= 0.3 is 12.0 Å². The lowest BCUT2D eigenvalue weighted by Gasteiger charge is -2.11. The van der Waals surface area contributed by atoms with E-state index in [-0.39, 0.29) is 21.3 Å². The molecule has 0 aliphatic carbocycles. The van der Waals surface area contributed by atoms with E-state index in [0.29, 0.717) is 5.69 Å². The standard InChI is InChI=1S/C15H12Cl2N2O3/c1-8-3-2-4-9(5-8)18-15(22)19-13-6-10(14(20)21)11(16)7-12(13)17/h2-7H,1H3,(H,20,21)(H2,18,19,22). The molecule has 0 fully saturated rings. The van der Waals surface area contributed by atoms with Crippen LogP contribution in [-0.2, 0) is 0 Å². The number of carboxylic acid groups (broad SMARTS) is 1. The van der Waals surface area contributed by atoms with E-state index in [9.17, 15) is 9.59 Å². The first-order chi connectivity index (χ1) is 10.4. The van der Waals surface area contributed by atoms with Crippen LogP contribution in [0.2, 0.25) is 10.0 Å². The van der Waals surface area contributed by atoms with Crippen molar-refractivity contribution in [2.24, 2.45) is 0 Å². The highest BCUT2D eigenvalue weighted by molar-refractivity contribution is 6.38. The van der Waals surface area contributed by atoms with Crippen molar-refractivity contribution >= 4 is 46.6 Å². The summed E-state index contributed by atoms with van der Waals surface area (Å²) in [6.07, 6.45) is 0. The number of rotatable bonds is 3. The van der Waals surface area contributed by atoms with Crippen LogP contribution in [-0.4, -0.2) is 17.1 Å². The number of hydrogen-bond donors (Lipinski definition) is 3. The Morgan fingerprint density at radius 3 is 2.41 bits per heavy atom. The minimum Gasteiger partial charge on any atom is -0.478 e. The van der Waals surface area contributed by atoms with Crippen LogP contribution < -0.4 is 10.6 Å². The van der Waals surface area contributed by atoms with Gasteiger partial charge in [0.2, 0.25) is 0 Å². The third-order valence-corrected chi connectivity index (χ3v) is 3.44. The van der Waals surface area contributed by atoms with Gasteiger partial charge in [0, 0.05) is 5.69 Å². The molecule has 0 aliphatic rings. The Bertz CT molecular complexity index is 748.